The zero-order chi connectivity index (χ0) is 31.7. The molecule has 43 heavy (non-hydrogen) atoms. The average molecular weight is 672 g/mol. The number of hydrogen-bond acceptors (Lipinski definition) is 8. The Kier molecular flexibility index (Phi) is 10.5. The first-order valence-corrected chi connectivity index (χ1v) is 15.4. The minimum Gasteiger partial charge on any atom is -0.504 e. The summed E-state index contributed by atoms with van der Waals surface area (Å²) in [6, 6.07) is 2.20. The Bertz CT molecular complexity index is 1810. The van der Waals surface area contributed by atoms with E-state index < -0.39 is 0 Å². The van der Waals surface area contributed by atoms with Gasteiger partial charge in [0.25, 0.3) is 11.1 Å². The average Bonchev–Trinajstić information content (AvgIpc) is 2.92. The molecule has 4 aromatic rings. The van der Waals surface area contributed by atoms with Crippen LogP contribution < -0.4 is 21.8 Å². The van der Waals surface area contributed by atoms with Crippen molar-refractivity contribution in [3.05, 3.63) is 64.6 Å². The van der Waals surface area contributed by atoms with Crippen LogP contribution in [0.25, 0.3) is 21.8 Å². The summed E-state index contributed by atoms with van der Waals surface area (Å²) in [6.45, 7) is 11.4. The van der Waals surface area contributed by atoms with Gasteiger partial charge in [0.2, 0.25) is 0 Å². The van der Waals surface area contributed by atoms with Gasteiger partial charge in [-0.1, -0.05) is 60.3 Å². The highest BCUT2D eigenvalue weighted by molar-refractivity contribution is 6.40. The number of fused-ring (bicyclic) bond motifs is 2. The third-order valence-corrected chi connectivity index (χ3v) is 8.44. The van der Waals surface area contributed by atoms with Crippen LogP contribution in [0.15, 0.2) is 21.7 Å². The SMILES string of the molecule is CCNCc1nc2c(O)c(Cl)cc(Cl)c2c(=O)n1C(C)CC(C)CNCc1nc2c(O)c(Cl)cc(Cl)c2c(=O)n1C(C)C. The first kappa shape index (κ1) is 33.3. The van der Waals surface area contributed by atoms with E-state index in [9.17, 15) is 19.8 Å². The lowest BCUT2D eigenvalue weighted by molar-refractivity contribution is 0.368. The van der Waals surface area contributed by atoms with Crippen molar-refractivity contribution in [3.63, 3.8) is 0 Å². The van der Waals surface area contributed by atoms with Gasteiger partial charge in [0.05, 0.1) is 44.0 Å². The van der Waals surface area contributed by atoms with Crippen LogP contribution in [0.2, 0.25) is 20.1 Å². The maximum absolute atomic E-state index is 13.7. The van der Waals surface area contributed by atoms with Crippen LogP contribution in [-0.2, 0) is 13.1 Å². The van der Waals surface area contributed by atoms with Crippen molar-refractivity contribution in [2.24, 2.45) is 5.92 Å². The molecule has 0 aliphatic rings. The van der Waals surface area contributed by atoms with Crippen LogP contribution in [0.4, 0.5) is 0 Å². The molecule has 2 unspecified atom stereocenters. The Labute approximate surface area is 268 Å². The van der Waals surface area contributed by atoms with E-state index in [1.807, 2.05) is 34.6 Å². The maximum Gasteiger partial charge on any atom is 0.263 e. The molecule has 2 aromatic carbocycles. The standard InChI is InChI=1S/C29H34Cl4N6O4/c1-6-34-11-21-37-25-23(17(31)9-19(33)27(25)41)29(43)39(21)15(5)7-14(4)10-35-12-20-36-24-22(28(42)38(20)13(2)3)16(30)8-18(32)26(24)40/h8-9,13-15,34-35,40-41H,6-7,10-12H2,1-5H3. The van der Waals surface area contributed by atoms with Crippen LogP contribution in [0, 0.1) is 5.92 Å². The van der Waals surface area contributed by atoms with E-state index >= 15 is 0 Å². The van der Waals surface area contributed by atoms with Gasteiger partial charge in [0.15, 0.2) is 11.5 Å². The van der Waals surface area contributed by atoms with E-state index in [1.54, 1.807) is 9.13 Å². The monoisotopic (exact) mass is 670 g/mol. The molecule has 4 N–H and O–H groups in total. The minimum absolute atomic E-state index is 0.0137. The topological polar surface area (TPSA) is 134 Å². The van der Waals surface area contributed by atoms with Crippen molar-refractivity contribution < 1.29 is 10.2 Å². The number of rotatable bonds is 11. The van der Waals surface area contributed by atoms with Crippen molar-refractivity contribution in [1.82, 2.24) is 29.7 Å². The fourth-order valence-corrected chi connectivity index (χ4v) is 6.40. The fraction of sp³-hybridized carbons (Fsp3) is 0.448. The summed E-state index contributed by atoms with van der Waals surface area (Å²) in [5.74, 6) is 0.386. The molecule has 0 saturated heterocycles. The molecule has 0 bridgehead atoms. The molecule has 0 amide bonds. The van der Waals surface area contributed by atoms with Crippen LogP contribution in [0.1, 0.15) is 64.8 Å². The predicted molar refractivity (Wildman–Crippen MR) is 173 cm³/mol. The molecule has 232 valence electrons. The number of hydrogen-bond donors (Lipinski definition) is 4. The fourth-order valence-electron chi connectivity index (χ4n) is 5.33. The molecular weight excluding hydrogens is 638 g/mol. The highest BCUT2D eigenvalue weighted by Crippen LogP contribution is 2.36. The Balaban J connectivity index is 1.59. The Hall–Kier alpha value is -2.60. The van der Waals surface area contributed by atoms with Gasteiger partial charge < -0.3 is 20.8 Å². The van der Waals surface area contributed by atoms with Crippen molar-refractivity contribution >= 4 is 68.2 Å². The van der Waals surface area contributed by atoms with Gasteiger partial charge in [-0.05, 0) is 58.3 Å². The number of phenols is 2. The number of nitrogens with zero attached hydrogens (tertiary/aromatic N) is 4. The maximum atomic E-state index is 13.7. The molecular formula is C29H34Cl4N6O4. The van der Waals surface area contributed by atoms with E-state index in [0.717, 1.165) is 0 Å². The molecule has 14 heteroatoms. The number of nitrogens with one attached hydrogen (secondary N) is 2. The molecule has 2 heterocycles. The molecule has 0 radical (unpaired) electrons. The Morgan fingerprint density at radius 1 is 0.767 bits per heavy atom. The molecule has 0 saturated carbocycles. The molecule has 4 rings (SSSR count). The molecule has 2 atom stereocenters. The van der Waals surface area contributed by atoms with Crippen LogP contribution >= 0.6 is 46.4 Å². The predicted octanol–water partition coefficient (Wildman–Crippen LogP) is 6.20. The third-order valence-electron chi connectivity index (χ3n) is 7.27. The van der Waals surface area contributed by atoms with Crippen molar-refractivity contribution in [2.75, 3.05) is 13.1 Å². The lowest BCUT2D eigenvalue weighted by atomic mass is 10.0. The highest BCUT2D eigenvalue weighted by atomic mass is 35.5. The molecule has 0 aliphatic heterocycles. The van der Waals surface area contributed by atoms with Gasteiger partial charge >= 0.3 is 0 Å². The second kappa shape index (κ2) is 13.6. The second-order valence-electron chi connectivity index (χ2n) is 10.9. The third kappa shape index (κ3) is 6.60. The summed E-state index contributed by atoms with van der Waals surface area (Å²) >= 11 is 24.9. The van der Waals surface area contributed by atoms with Crippen LogP contribution in [0.5, 0.6) is 11.5 Å². The van der Waals surface area contributed by atoms with Gasteiger partial charge in [-0.15, -0.1) is 0 Å². The molecule has 0 spiro atoms. The van der Waals surface area contributed by atoms with E-state index in [2.05, 4.69) is 20.6 Å². The first-order chi connectivity index (χ1) is 20.3. The van der Waals surface area contributed by atoms with E-state index in [-0.39, 0.29) is 89.1 Å². The summed E-state index contributed by atoms with van der Waals surface area (Å²) in [7, 11) is 0. The quantitative estimate of drug-likeness (QED) is 0.148. The summed E-state index contributed by atoms with van der Waals surface area (Å²) in [5.41, 5.74) is -0.597. The van der Waals surface area contributed by atoms with Crippen molar-refractivity contribution in [1.29, 1.82) is 0 Å². The van der Waals surface area contributed by atoms with Gasteiger partial charge in [0.1, 0.15) is 22.7 Å². The molecule has 0 fully saturated rings. The van der Waals surface area contributed by atoms with Gasteiger partial charge in [0, 0.05) is 12.1 Å². The van der Waals surface area contributed by atoms with E-state index in [1.165, 1.54) is 12.1 Å². The second-order valence-corrected chi connectivity index (χ2v) is 12.6. The Morgan fingerprint density at radius 2 is 1.23 bits per heavy atom. The largest absolute Gasteiger partial charge is 0.504 e. The number of aromatic hydroxyl groups is 2. The van der Waals surface area contributed by atoms with E-state index in [0.29, 0.717) is 37.7 Å². The van der Waals surface area contributed by atoms with Gasteiger partial charge in [-0.2, -0.15) is 0 Å². The van der Waals surface area contributed by atoms with Gasteiger partial charge in [-0.3, -0.25) is 18.7 Å². The summed E-state index contributed by atoms with van der Waals surface area (Å²) < 4.78 is 3.15. The molecule has 10 nitrogen and oxygen atoms in total. The Morgan fingerprint density at radius 3 is 1.72 bits per heavy atom. The number of halogens is 4. The molecule has 2 aromatic heterocycles. The summed E-state index contributed by atoms with van der Waals surface area (Å²) in [5, 5.41) is 28.1. The zero-order valence-corrected chi connectivity index (χ0v) is 27.5. The number of aromatic nitrogens is 4. The zero-order valence-electron chi connectivity index (χ0n) is 24.4. The normalized spacial score (nSPS) is 13.3. The highest BCUT2D eigenvalue weighted by Gasteiger charge is 2.23. The van der Waals surface area contributed by atoms with Crippen molar-refractivity contribution in [3.8, 4) is 11.5 Å². The van der Waals surface area contributed by atoms with E-state index in [4.69, 9.17) is 46.4 Å². The first-order valence-electron chi connectivity index (χ1n) is 13.9. The van der Waals surface area contributed by atoms with Crippen LogP contribution in [-0.4, -0.2) is 42.4 Å². The summed E-state index contributed by atoms with van der Waals surface area (Å²) in [4.78, 5) is 36.2. The minimum atomic E-state index is -0.363. The van der Waals surface area contributed by atoms with Gasteiger partial charge in [-0.25, -0.2) is 9.97 Å². The number of phenolic OH excluding ortho intramolecular Hbond substituents is 2. The number of benzene rings is 2. The smallest absolute Gasteiger partial charge is 0.263 e. The van der Waals surface area contributed by atoms with Crippen molar-refractivity contribution in [2.45, 2.75) is 66.2 Å². The lowest BCUT2D eigenvalue weighted by Crippen LogP contribution is -2.33. The molecule has 0 aliphatic carbocycles. The van der Waals surface area contributed by atoms with Crippen LogP contribution in [0.3, 0.4) is 0 Å². The summed E-state index contributed by atoms with van der Waals surface area (Å²) in [6.07, 6.45) is 0.602. The lowest BCUT2D eigenvalue weighted by Gasteiger charge is -2.24.